The van der Waals surface area contributed by atoms with E-state index in [0.29, 0.717) is 6.54 Å². The summed E-state index contributed by atoms with van der Waals surface area (Å²) >= 11 is 1.62. The summed E-state index contributed by atoms with van der Waals surface area (Å²) in [5.74, 6) is -1.19. The highest BCUT2D eigenvalue weighted by molar-refractivity contribution is 7.07. The maximum Gasteiger partial charge on any atom is 0.309 e. The van der Waals surface area contributed by atoms with Crippen LogP contribution in [-0.2, 0) is 16.0 Å². The fraction of sp³-hybridized carbons (Fsp3) is 0.250. The van der Waals surface area contributed by atoms with Crippen molar-refractivity contribution in [3.8, 4) is 0 Å². The van der Waals surface area contributed by atoms with Crippen molar-refractivity contribution in [2.45, 2.75) is 19.4 Å². The predicted molar refractivity (Wildman–Crippen MR) is 84.0 cm³/mol. The molecule has 21 heavy (non-hydrogen) atoms. The van der Waals surface area contributed by atoms with Crippen LogP contribution in [0.3, 0.4) is 0 Å². The summed E-state index contributed by atoms with van der Waals surface area (Å²) in [5, 5.41) is 9.34. The van der Waals surface area contributed by atoms with Crippen LogP contribution in [0.4, 0.5) is 0 Å². The Morgan fingerprint density at radius 1 is 1.14 bits per heavy atom. The third-order valence-corrected chi connectivity index (χ3v) is 3.86. The predicted octanol–water partition coefficient (Wildman–Crippen LogP) is 2.28. The number of carbonyl (C=O) groups is 2. The van der Waals surface area contributed by atoms with Crippen LogP contribution >= 0.6 is 11.3 Å². The van der Waals surface area contributed by atoms with Crippen molar-refractivity contribution >= 4 is 23.2 Å². The molecule has 2 aromatic rings. The highest BCUT2D eigenvalue weighted by Crippen LogP contribution is 2.10. The Labute approximate surface area is 128 Å². The zero-order valence-corrected chi connectivity index (χ0v) is 12.7. The average Bonchev–Trinajstić information content (AvgIpc) is 3.01. The van der Waals surface area contributed by atoms with E-state index < -0.39 is 11.8 Å². The Bertz CT molecular complexity index is 582. The Kier molecular flexibility index (Phi) is 5.51. The Hall–Kier alpha value is -2.14. The number of thiophene rings is 1. The summed E-state index contributed by atoms with van der Waals surface area (Å²) < 4.78 is 0. The maximum absolute atomic E-state index is 11.8. The Morgan fingerprint density at radius 3 is 2.57 bits per heavy atom. The molecule has 0 aliphatic rings. The third kappa shape index (κ3) is 4.72. The van der Waals surface area contributed by atoms with Crippen LogP contribution in [0.5, 0.6) is 0 Å². The zero-order chi connectivity index (χ0) is 15.1. The summed E-state index contributed by atoms with van der Waals surface area (Å²) in [6.45, 7) is 2.31. The molecule has 0 saturated heterocycles. The van der Waals surface area contributed by atoms with Crippen LogP contribution < -0.4 is 10.6 Å². The van der Waals surface area contributed by atoms with Gasteiger partial charge >= 0.3 is 11.8 Å². The van der Waals surface area contributed by atoms with Gasteiger partial charge in [-0.15, -0.1) is 0 Å². The molecule has 0 radical (unpaired) electrons. The van der Waals surface area contributed by atoms with E-state index in [1.54, 1.807) is 11.3 Å². The molecule has 5 heteroatoms. The van der Waals surface area contributed by atoms with E-state index in [0.717, 1.165) is 12.0 Å². The Morgan fingerprint density at radius 2 is 1.90 bits per heavy atom. The summed E-state index contributed by atoms with van der Waals surface area (Å²) in [5.41, 5.74) is 2.13. The van der Waals surface area contributed by atoms with Crippen molar-refractivity contribution in [2.24, 2.45) is 0 Å². The second kappa shape index (κ2) is 7.59. The van der Waals surface area contributed by atoms with Crippen LogP contribution in [0.2, 0.25) is 0 Å². The lowest BCUT2D eigenvalue weighted by atomic mass is 10.1. The van der Waals surface area contributed by atoms with Gasteiger partial charge in [0.1, 0.15) is 0 Å². The minimum Gasteiger partial charge on any atom is -0.348 e. The number of hydrogen-bond acceptors (Lipinski definition) is 3. The van der Waals surface area contributed by atoms with Crippen LogP contribution in [0.25, 0.3) is 0 Å². The lowest BCUT2D eigenvalue weighted by molar-refractivity contribution is -0.139. The smallest absolute Gasteiger partial charge is 0.309 e. The number of nitrogens with one attached hydrogen (secondary N) is 2. The van der Waals surface area contributed by atoms with E-state index in [2.05, 4.69) is 10.6 Å². The Balaban J connectivity index is 1.76. The van der Waals surface area contributed by atoms with Crippen LogP contribution in [0, 0.1) is 0 Å². The van der Waals surface area contributed by atoms with Crippen molar-refractivity contribution in [2.75, 3.05) is 6.54 Å². The minimum atomic E-state index is -0.600. The maximum atomic E-state index is 11.8. The van der Waals surface area contributed by atoms with Gasteiger partial charge in [0, 0.05) is 6.54 Å². The van der Waals surface area contributed by atoms with Crippen LogP contribution in [-0.4, -0.2) is 18.4 Å². The zero-order valence-electron chi connectivity index (χ0n) is 11.8. The van der Waals surface area contributed by atoms with E-state index in [9.17, 15) is 9.59 Å². The lowest BCUT2D eigenvalue weighted by Gasteiger charge is -2.13. The molecule has 0 fully saturated rings. The number of carbonyl (C=O) groups excluding carboxylic acids is 2. The molecule has 0 aliphatic carbocycles. The first kappa shape index (κ1) is 15.3. The average molecular weight is 302 g/mol. The molecule has 4 nitrogen and oxygen atoms in total. The van der Waals surface area contributed by atoms with Gasteiger partial charge in [-0.2, -0.15) is 11.3 Å². The summed E-state index contributed by atoms with van der Waals surface area (Å²) in [4.78, 5) is 23.5. The van der Waals surface area contributed by atoms with Crippen molar-refractivity contribution < 1.29 is 9.59 Å². The van der Waals surface area contributed by atoms with Crippen molar-refractivity contribution in [3.63, 3.8) is 0 Å². The van der Waals surface area contributed by atoms with Crippen molar-refractivity contribution in [1.82, 2.24) is 10.6 Å². The summed E-state index contributed by atoms with van der Waals surface area (Å²) in [6, 6.07) is 11.4. The van der Waals surface area contributed by atoms with E-state index in [-0.39, 0.29) is 6.04 Å². The molecule has 0 saturated carbocycles. The number of amides is 2. The monoisotopic (exact) mass is 302 g/mol. The first-order valence-corrected chi connectivity index (χ1v) is 7.76. The van der Waals surface area contributed by atoms with Gasteiger partial charge in [-0.25, -0.2) is 0 Å². The van der Waals surface area contributed by atoms with Gasteiger partial charge in [-0.3, -0.25) is 9.59 Å². The van der Waals surface area contributed by atoms with Crippen LogP contribution in [0.1, 0.15) is 24.1 Å². The first-order valence-electron chi connectivity index (χ1n) is 6.81. The fourth-order valence-electron chi connectivity index (χ4n) is 1.92. The molecule has 0 spiro atoms. The molecule has 1 unspecified atom stereocenters. The molecule has 1 atom stereocenters. The molecule has 2 rings (SSSR count). The molecule has 0 aliphatic heterocycles. The molecule has 0 bridgehead atoms. The second-order valence-electron chi connectivity index (χ2n) is 4.74. The van der Waals surface area contributed by atoms with Gasteiger partial charge < -0.3 is 10.6 Å². The first-order chi connectivity index (χ1) is 10.2. The van der Waals surface area contributed by atoms with Gasteiger partial charge in [0.15, 0.2) is 0 Å². The van der Waals surface area contributed by atoms with Crippen molar-refractivity contribution in [1.29, 1.82) is 0 Å². The molecular weight excluding hydrogens is 284 g/mol. The largest absolute Gasteiger partial charge is 0.348 e. The molecular formula is C16H18N2O2S. The summed E-state index contributed by atoms with van der Waals surface area (Å²) in [6.07, 6.45) is 0.733. The van der Waals surface area contributed by atoms with E-state index in [1.807, 2.05) is 54.1 Å². The quantitative estimate of drug-likeness (QED) is 0.833. The van der Waals surface area contributed by atoms with E-state index >= 15 is 0 Å². The fourth-order valence-corrected chi connectivity index (χ4v) is 2.63. The van der Waals surface area contributed by atoms with Gasteiger partial charge in [0.05, 0.1) is 6.04 Å². The standard InChI is InChI=1S/C16H18N2O2S/c1-12(14-5-3-2-4-6-14)18-16(20)15(19)17-9-7-13-8-10-21-11-13/h2-6,8,10-12H,7,9H2,1H3,(H,17,19)(H,18,20). The molecule has 1 aromatic carbocycles. The lowest BCUT2D eigenvalue weighted by Crippen LogP contribution is -2.41. The third-order valence-electron chi connectivity index (χ3n) is 3.13. The van der Waals surface area contributed by atoms with Gasteiger partial charge in [-0.05, 0) is 41.3 Å². The number of hydrogen-bond donors (Lipinski definition) is 2. The number of rotatable bonds is 5. The molecule has 1 heterocycles. The van der Waals surface area contributed by atoms with Gasteiger partial charge in [-0.1, -0.05) is 30.3 Å². The SMILES string of the molecule is CC(NC(=O)C(=O)NCCc1ccsc1)c1ccccc1. The van der Waals surface area contributed by atoms with Gasteiger partial charge in [0.2, 0.25) is 0 Å². The normalized spacial score (nSPS) is 11.7. The number of benzene rings is 1. The minimum absolute atomic E-state index is 0.193. The summed E-state index contributed by atoms with van der Waals surface area (Å²) in [7, 11) is 0. The molecule has 2 N–H and O–H groups in total. The molecule has 1 aromatic heterocycles. The van der Waals surface area contributed by atoms with E-state index in [4.69, 9.17) is 0 Å². The van der Waals surface area contributed by atoms with Crippen LogP contribution in [0.15, 0.2) is 47.2 Å². The van der Waals surface area contributed by atoms with E-state index in [1.165, 1.54) is 5.56 Å². The van der Waals surface area contributed by atoms with Gasteiger partial charge in [0.25, 0.3) is 0 Å². The topological polar surface area (TPSA) is 58.2 Å². The molecule has 2 amide bonds. The molecule has 110 valence electrons. The second-order valence-corrected chi connectivity index (χ2v) is 5.52. The highest BCUT2D eigenvalue weighted by atomic mass is 32.1. The van der Waals surface area contributed by atoms with Crippen molar-refractivity contribution in [3.05, 3.63) is 58.3 Å². The highest BCUT2D eigenvalue weighted by Gasteiger charge is 2.16.